The predicted octanol–water partition coefficient (Wildman–Crippen LogP) is 3.51. The van der Waals surface area contributed by atoms with Crippen molar-refractivity contribution in [1.29, 1.82) is 0 Å². The van der Waals surface area contributed by atoms with Crippen LogP contribution in [0.2, 0.25) is 10.0 Å². The molecule has 0 aliphatic rings. The molecule has 0 aliphatic heterocycles. The van der Waals surface area contributed by atoms with Crippen molar-refractivity contribution >= 4 is 109 Å². The molecule has 1 aromatic heterocycles. The molecule has 0 bridgehead atoms. The summed E-state index contributed by atoms with van der Waals surface area (Å²) in [6.07, 6.45) is 0. The third-order valence-electron chi connectivity index (χ3n) is 7.39. The zero-order valence-electron chi connectivity index (χ0n) is 21.2. The van der Waals surface area contributed by atoms with E-state index in [0.29, 0.717) is 0 Å². The largest absolute Gasteiger partial charge is 0.296 e. The lowest BCUT2D eigenvalue weighted by Gasteiger charge is -2.14. The van der Waals surface area contributed by atoms with E-state index in [0.717, 1.165) is 0 Å². The minimum absolute atomic E-state index is 0.149. The van der Waals surface area contributed by atoms with E-state index in [1.807, 2.05) is 0 Å². The summed E-state index contributed by atoms with van der Waals surface area (Å²) in [5.41, 5.74) is -6.08. The number of hydrogen-bond donors (Lipinski definition) is 2. The molecule has 0 amide bonds. The highest BCUT2D eigenvalue weighted by Crippen LogP contribution is 2.40. The molecular formula is C28H10Cl2N2O10S2. The highest BCUT2D eigenvalue weighted by molar-refractivity contribution is 7.86. The van der Waals surface area contributed by atoms with Crippen molar-refractivity contribution < 1.29 is 25.9 Å². The number of halogens is 2. The number of rotatable bonds is 2. The molecule has 44 heavy (non-hydrogen) atoms. The summed E-state index contributed by atoms with van der Waals surface area (Å²) in [6, 6.07) is 10.9. The number of aromatic nitrogens is 2. The summed E-state index contributed by atoms with van der Waals surface area (Å²) in [5.74, 6) is 0. The molecule has 7 rings (SSSR count). The molecule has 6 aromatic carbocycles. The molecule has 0 fully saturated rings. The van der Waals surface area contributed by atoms with Gasteiger partial charge in [0, 0.05) is 21.5 Å². The van der Waals surface area contributed by atoms with Crippen LogP contribution in [0.25, 0.3) is 65.2 Å². The first-order valence-corrected chi connectivity index (χ1v) is 15.8. The number of hydrogen-bond acceptors (Lipinski definition) is 10. The molecule has 0 atom stereocenters. The zero-order chi connectivity index (χ0) is 31.6. The summed E-state index contributed by atoms with van der Waals surface area (Å²) in [5, 5.41) is -5.31. The maximum Gasteiger partial charge on any atom is 0.296 e. The predicted molar refractivity (Wildman–Crippen MR) is 164 cm³/mol. The monoisotopic (exact) mass is 668 g/mol. The van der Waals surface area contributed by atoms with Gasteiger partial charge >= 0.3 is 0 Å². The van der Waals surface area contributed by atoms with Gasteiger partial charge in [-0.1, -0.05) is 71.7 Å². The van der Waals surface area contributed by atoms with E-state index in [-0.39, 0.29) is 21.5 Å². The second-order valence-electron chi connectivity index (χ2n) is 9.76. The Morgan fingerprint density at radius 2 is 0.750 bits per heavy atom. The van der Waals surface area contributed by atoms with Crippen molar-refractivity contribution in [2.45, 2.75) is 9.79 Å². The molecule has 0 spiro atoms. The topological polar surface area (TPSA) is 203 Å². The van der Waals surface area contributed by atoms with E-state index in [2.05, 4.69) is 9.97 Å². The van der Waals surface area contributed by atoms with Crippen LogP contribution in [0.3, 0.4) is 0 Å². The van der Waals surface area contributed by atoms with E-state index < -0.39 is 105 Å². The SMILES string of the molecule is O=c1c2ccccc2c(=O)c2c1c(S(=O)(=O)O)c(Cl)c1nc3c(nc12)c(Cl)c(S(=O)(=O)O)c1c(=O)c2ccccc2c(=O)c13. The molecule has 12 nitrogen and oxygen atoms in total. The lowest BCUT2D eigenvalue weighted by Crippen LogP contribution is -2.19. The van der Waals surface area contributed by atoms with Crippen LogP contribution in [0, 0.1) is 0 Å². The number of benzene rings is 6. The van der Waals surface area contributed by atoms with Gasteiger partial charge in [0.15, 0.2) is 21.7 Å². The van der Waals surface area contributed by atoms with E-state index >= 15 is 0 Å². The van der Waals surface area contributed by atoms with Crippen LogP contribution in [0.1, 0.15) is 0 Å². The fourth-order valence-electron chi connectivity index (χ4n) is 5.65. The molecular weight excluding hydrogens is 659 g/mol. The molecule has 0 saturated carbocycles. The Morgan fingerprint density at radius 3 is 1.02 bits per heavy atom. The van der Waals surface area contributed by atoms with E-state index in [9.17, 15) is 45.1 Å². The van der Waals surface area contributed by atoms with Crippen molar-refractivity contribution in [1.82, 2.24) is 9.97 Å². The lowest BCUT2D eigenvalue weighted by atomic mass is 9.99. The molecule has 0 radical (unpaired) electrons. The Labute approximate surface area is 252 Å². The minimum Gasteiger partial charge on any atom is -0.289 e. The zero-order valence-corrected chi connectivity index (χ0v) is 24.4. The van der Waals surface area contributed by atoms with Gasteiger partial charge in [-0.2, -0.15) is 16.8 Å². The average molecular weight is 669 g/mol. The van der Waals surface area contributed by atoms with Crippen molar-refractivity contribution in [2.24, 2.45) is 0 Å². The maximum atomic E-state index is 13.8. The first-order chi connectivity index (χ1) is 20.6. The summed E-state index contributed by atoms with van der Waals surface area (Å²) < 4.78 is 70.8. The lowest BCUT2D eigenvalue weighted by molar-refractivity contribution is 0.482. The fourth-order valence-corrected chi connectivity index (χ4v) is 8.23. The molecule has 2 N–H and O–H groups in total. The van der Waals surface area contributed by atoms with Crippen LogP contribution >= 0.6 is 23.2 Å². The molecule has 0 aliphatic carbocycles. The van der Waals surface area contributed by atoms with Gasteiger partial charge in [0.2, 0.25) is 0 Å². The van der Waals surface area contributed by atoms with Crippen LogP contribution in [-0.4, -0.2) is 35.9 Å². The van der Waals surface area contributed by atoms with Gasteiger partial charge in [-0.25, -0.2) is 9.97 Å². The van der Waals surface area contributed by atoms with Crippen LogP contribution in [0.5, 0.6) is 0 Å². The van der Waals surface area contributed by atoms with Gasteiger partial charge in [-0.05, 0) is 0 Å². The van der Waals surface area contributed by atoms with E-state index in [1.54, 1.807) is 0 Å². The molecule has 7 aromatic rings. The Balaban J connectivity index is 1.91. The minimum atomic E-state index is -5.32. The molecule has 0 unspecified atom stereocenters. The van der Waals surface area contributed by atoms with Gasteiger partial charge in [0.1, 0.15) is 31.9 Å². The van der Waals surface area contributed by atoms with Crippen molar-refractivity contribution in [3.05, 3.63) is 99.5 Å². The summed E-state index contributed by atoms with van der Waals surface area (Å²) in [7, 11) is -10.6. The van der Waals surface area contributed by atoms with Gasteiger partial charge in [0.05, 0.1) is 31.6 Å². The second kappa shape index (κ2) is 9.04. The third-order valence-corrected chi connectivity index (χ3v) is 10.2. The van der Waals surface area contributed by atoms with Crippen molar-refractivity contribution in [2.75, 3.05) is 0 Å². The quantitative estimate of drug-likeness (QED) is 0.154. The van der Waals surface area contributed by atoms with Crippen LogP contribution < -0.4 is 21.7 Å². The normalized spacial score (nSPS) is 12.8. The van der Waals surface area contributed by atoms with Crippen molar-refractivity contribution in [3.8, 4) is 0 Å². The second-order valence-corrected chi connectivity index (χ2v) is 13.2. The van der Waals surface area contributed by atoms with Crippen LogP contribution in [0.15, 0.2) is 77.5 Å². The first-order valence-electron chi connectivity index (χ1n) is 12.2. The molecule has 0 saturated heterocycles. The summed E-state index contributed by atoms with van der Waals surface area (Å²) in [6.45, 7) is 0. The average Bonchev–Trinajstić information content (AvgIpc) is 2.96. The third kappa shape index (κ3) is 3.63. The Bertz CT molecular complexity index is 2790. The van der Waals surface area contributed by atoms with Crippen LogP contribution in [0.4, 0.5) is 0 Å². The number of fused-ring (bicyclic) bond motifs is 8. The van der Waals surface area contributed by atoms with Crippen LogP contribution in [-0.2, 0) is 20.2 Å². The Hall–Kier alpha value is -4.44. The molecule has 16 heteroatoms. The Morgan fingerprint density at radius 1 is 0.477 bits per heavy atom. The maximum absolute atomic E-state index is 13.8. The van der Waals surface area contributed by atoms with Gasteiger partial charge in [-0.15, -0.1) is 0 Å². The van der Waals surface area contributed by atoms with Gasteiger partial charge in [-0.3, -0.25) is 28.3 Å². The summed E-state index contributed by atoms with van der Waals surface area (Å²) in [4.78, 5) is 60.9. The molecule has 1 heterocycles. The van der Waals surface area contributed by atoms with Gasteiger partial charge < -0.3 is 0 Å². The highest BCUT2D eigenvalue weighted by atomic mass is 35.5. The summed E-state index contributed by atoms with van der Waals surface area (Å²) >= 11 is 12.9. The number of nitrogens with zero attached hydrogens (tertiary/aromatic N) is 2. The smallest absolute Gasteiger partial charge is 0.289 e. The standard InChI is InChI=1S/C28H10Cl2N2O10S2/c29-17-21-19(13-15(27(17)43(37,38)39)25(35)11-7-3-1-5-9(11)23(13)33)31-22-18(30)28(44(40,41)42)16-14(20(22)32-21)24(34)10-6-2-4-8-12(10)26(16)36/h1-8H,(H,37,38,39)(H,40,41,42). The fraction of sp³-hybridized carbons (Fsp3) is 0. The van der Waals surface area contributed by atoms with Crippen molar-refractivity contribution in [3.63, 3.8) is 0 Å². The first kappa shape index (κ1) is 28.3. The van der Waals surface area contributed by atoms with E-state index in [1.165, 1.54) is 48.5 Å². The Kier molecular flexibility index (Phi) is 5.82. The van der Waals surface area contributed by atoms with Gasteiger partial charge in [0.25, 0.3) is 20.2 Å². The highest BCUT2D eigenvalue weighted by Gasteiger charge is 2.32. The van der Waals surface area contributed by atoms with E-state index in [4.69, 9.17) is 23.2 Å². The molecule has 218 valence electrons.